The number of carbonyl (C=O) groups is 2. The van der Waals surface area contributed by atoms with Crippen LogP contribution in [-0.4, -0.2) is 16.8 Å². The minimum absolute atomic E-state index is 0.334. The molecule has 0 fully saturated rings. The molecule has 0 unspecified atom stereocenters. The third-order valence-electron chi connectivity index (χ3n) is 2.97. The predicted octanol–water partition coefficient (Wildman–Crippen LogP) is 2.95. The van der Waals surface area contributed by atoms with Gasteiger partial charge in [0.1, 0.15) is 0 Å². The Balaban J connectivity index is 2.17. The number of anilines is 1. The molecular weight excluding hydrogens is 308 g/mol. The molecule has 94 valence electrons. The van der Waals surface area contributed by atoms with Gasteiger partial charge >= 0.3 is 0 Å². The van der Waals surface area contributed by atoms with Gasteiger partial charge in [-0.05, 0) is 47.1 Å². The fourth-order valence-corrected chi connectivity index (χ4v) is 2.46. The summed E-state index contributed by atoms with van der Waals surface area (Å²) in [6.45, 7) is 1.81. The van der Waals surface area contributed by atoms with E-state index in [0.717, 1.165) is 10.6 Å². The highest BCUT2D eigenvalue weighted by Gasteiger charge is 2.38. The molecule has 0 spiro atoms. The minimum Gasteiger partial charge on any atom is -0.268 e. The maximum atomic E-state index is 12.3. The summed E-state index contributed by atoms with van der Waals surface area (Å²) in [6, 6.07) is 10.4. The number of halogens is 1. The van der Waals surface area contributed by atoms with Gasteiger partial charge < -0.3 is 0 Å². The summed E-state index contributed by atoms with van der Waals surface area (Å²) in [5.74, 6) is -0.329. The van der Waals surface area contributed by atoms with E-state index in [1.54, 1.807) is 30.3 Å². The van der Waals surface area contributed by atoms with Crippen molar-refractivity contribution in [2.75, 3.05) is 4.90 Å². The number of carbonyl (C=O) groups excluding carboxylic acids is 2. The largest absolute Gasteiger partial charge is 0.268 e. The van der Waals surface area contributed by atoms with Crippen LogP contribution in [0, 0.1) is 6.92 Å². The number of aryl methyl sites for hydroxylation is 1. The van der Waals surface area contributed by atoms with Crippen LogP contribution in [0.15, 0.2) is 40.9 Å². The molecule has 1 aliphatic heterocycles. The molecular formula is C14H9BrN2O2. The summed E-state index contributed by atoms with van der Waals surface area (Å²) in [7, 11) is 0. The molecule has 19 heavy (non-hydrogen) atoms. The van der Waals surface area contributed by atoms with Gasteiger partial charge in [0.25, 0.3) is 11.8 Å². The Morgan fingerprint density at radius 2 is 1.58 bits per heavy atom. The van der Waals surface area contributed by atoms with Crippen molar-refractivity contribution in [2.45, 2.75) is 6.92 Å². The lowest BCUT2D eigenvalue weighted by Crippen LogP contribution is -2.30. The van der Waals surface area contributed by atoms with Crippen molar-refractivity contribution in [1.29, 1.82) is 0 Å². The number of rotatable bonds is 1. The maximum Gasteiger partial charge on any atom is 0.267 e. The molecule has 0 atom stereocenters. The number of hydrogen-bond acceptors (Lipinski definition) is 3. The molecule has 0 saturated carbocycles. The van der Waals surface area contributed by atoms with Crippen LogP contribution in [0.4, 0.5) is 5.82 Å². The Kier molecular flexibility index (Phi) is 2.71. The summed E-state index contributed by atoms with van der Waals surface area (Å²) in [5, 5.41) is 0. The Bertz CT molecular complexity index is 677. The van der Waals surface area contributed by atoms with Gasteiger partial charge in [0.15, 0.2) is 5.82 Å². The smallest absolute Gasteiger partial charge is 0.267 e. The first-order valence-corrected chi connectivity index (χ1v) is 6.50. The van der Waals surface area contributed by atoms with Crippen molar-refractivity contribution >= 4 is 33.6 Å². The second-order valence-corrected chi connectivity index (χ2v) is 5.10. The van der Waals surface area contributed by atoms with E-state index in [4.69, 9.17) is 0 Å². The van der Waals surface area contributed by atoms with Crippen LogP contribution in [0.5, 0.6) is 0 Å². The number of amides is 2. The van der Waals surface area contributed by atoms with Crippen molar-refractivity contribution in [1.82, 2.24) is 4.98 Å². The van der Waals surface area contributed by atoms with E-state index >= 15 is 0 Å². The van der Waals surface area contributed by atoms with Crippen LogP contribution in [0.25, 0.3) is 0 Å². The number of aromatic nitrogens is 1. The first-order valence-electron chi connectivity index (χ1n) is 5.70. The summed E-state index contributed by atoms with van der Waals surface area (Å²) in [4.78, 5) is 30.0. The highest BCUT2D eigenvalue weighted by molar-refractivity contribution is 9.10. The maximum absolute atomic E-state index is 12.3. The zero-order valence-corrected chi connectivity index (χ0v) is 11.6. The average Bonchev–Trinajstić information content (AvgIpc) is 2.66. The van der Waals surface area contributed by atoms with Gasteiger partial charge in [-0.25, -0.2) is 9.88 Å². The lowest BCUT2D eigenvalue weighted by atomic mass is 10.1. The number of hydrogen-bond donors (Lipinski definition) is 0. The normalized spacial score (nSPS) is 13.9. The Morgan fingerprint density at radius 3 is 2.16 bits per heavy atom. The van der Waals surface area contributed by atoms with E-state index in [9.17, 15) is 9.59 Å². The van der Waals surface area contributed by atoms with E-state index < -0.39 is 0 Å². The molecule has 5 heteroatoms. The zero-order valence-electron chi connectivity index (χ0n) is 10.1. The van der Waals surface area contributed by atoms with Crippen molar-refractivity contribution < 1.29 is 9.59 Å². The zero-order chi connectivity index (χ0) is 13.6. The van der Waals surface area contributed by atoms with Crippen LogP contribution in [0.1, 0.15) is 26.4 Å². The number of imide groups is 1. The van der Waals surface area contributed by atoms with E-state index in [1.807, 2.05) is 13.0 Å². The minimum atomic E-state index is -0.334. The number of benzene rings is 1. The summed E-state index contributed by atoms with van der Waals surface area (Å²) < 4.78 is 0.618. The van der Waals surface area contributed by atoms with Crippen molar-refractivity contribution in [3.63, 3.8) is 0 Å². The number of fused-ring (bicyclic) bond motifs is 1. The number of pyridine rings is 1. The van der Waals surface area contributed by atoms with Gasteiger partial charge in [0.05, 0.1) is 15.6 Å². The fraction of sp³-hybridized carbons (Fsp3) is 0.0714. The van der Waals surface area contributed by atoms with E-state index in [2.05, 4.69) is 20.9 Å². The van der Waals surface area contributed by atoms with Crippen LogP contribution in [0.3, 0.4) is 0 Å². The quantitative estimate of drug-likeness (QED) is 0.760. The Labute approximate surface area is 118 Å². The monoisotopic (exact) mass is 316 g/mol. The standard InChI is InChI=1S/C14H9BrN2O2/c1-8-6-7-11(15)12(16-8)17-13(18)9-4-2-3-5-10(9)14(17)19/h2-7H,1H3. The van der Waals surface area contributed by atoms with Gasteiger partial charge in [0, 0.05) is 5.69 Å². The van der Waals surface area contributed by atoms with E-state index in [0.29, 0.717) is 21.4 Å². The molecule has 4 nitrogen and oxygen atoms in total. The molecule has 1 aliphatic rings. The average molecular weight is 317 g/mol. The van der Waals surface area contributed by atoms with Gasteiger partial charge in [-0.1, -0.05) is 12.1 Å². The molecule has 0 radical (unpaired) electrons. The van der Waals surface area contributed by atoms with Crippen LogP contribution < -0.4 is 4.90 Å². The fourth-order valence-electron chi connectivity index (χ4n) is 2.06. The van der Waals surface area contributed by atoms with E-state index in [1.165, 1.54) is 0 Å². The van der Waals surface area contributed by atoms with E-state index in [-0.39, 0.29) is 11.8 Å². The third kappa shape index (κ3) is 1.77. The first kappa shape index (κ1) is 12.0. The molecule has 1 aromatic heterocycles. The molecule has 0 N–H and O–H groups in total. The first-order chi connectivity index (χ1) is 9.09. The second kappa shape index (κ2) is 4.28. The number of nitrogens with zero attached hydrogens (tertiary/aromatic N) is 2. The van der Waals surface area contributed by atoms with Crippen LogP contribution >= 0.6 is 15.9 Å². The molecule has 2 heterocycles. The van der Waals surface area contributed by atoms with Crippen molar-refractivity contribution in [2.24, 2.45) is 0 Å². The van der Waals surface area contributed by atoms with Gasteiger partial charge in [-0.2, -0.15) is 0 Å². The summed E-state index contributed by atoms with van der Waals surface area (Å²) >= 11 is 3.33. The Hall–Kier alpha value is -2.01. The Morgan fingerprint density at radius 1 is 1.00 bits per heavy atom. The van der Waals surface area contributed by atoms with Gasteiger partial charge in [0.2, 0.25) is 0 Å². The predicted molar refractivity (Wildman–Crippen MR) is 74.3 cm³/mol. The lowest BCUT2D eigenvalue weighted by molar-refractivity contribution is 0.0925. The lowest BCUT2D eigenvalue weighted by Gasteiger charge is -2.14. The molecule has 2 aromatic rings. The molecule has 0 aliphatic carbocycles. The highest BCUT2D eigenvalue weighted by atomic mass is 79.9. The highest BCUT2D eigenvalue weighted by Crippen LogP contribution is 2.31. The van der Waals surface area contributed by atoms with Gasteiger partial charge in [-0.15, -0.1) is 0 Å². The van der Waals surface area contributed by atoms with Crippen LogP contribution in [0.2, 0.25) is 0 Å². The molecule has 1 aromatic carbocycles. The molecule has 0 bridgehead atoms. The van der Waals surface area contributed by atoms with Crippen molar-refractivity contribution in [3.05, 3.63) is 57.7 Å². The molecule has 2 amide bonds. The summed E-state index contributed by atoms with van der Waals surface area (Å²) in [6.07, 6.45) is 0. The second-order valence-electron chi connectivity index (χ2n) is 4.25. The van der Waals surface area contributed by atoms with Crippen molar-refractivity contribution in [3.8, 4) is 0 Å². The molecule has 0 saturated heterocycles. The summed E-state index contributed by atoms with van der Waals surface area (Å²) in [5.41, 5.74) is 1.58. The molecule has 3 rings (SSSR count). The van der Waals surface area contributed by atoms with Crippen LogP contribution in [-0.2, 0) is 0 Å². The SMILES string of the molecule is Cc1ccc(Br)c(N2C(=O)c3ccccc3C2=O)n1. The topological polar surface area (TPSA) is 50.3 Å². The third-order valence-corrected chi connectivity index (χ3v) is 3.59. The van der Waals surface area contributed by atoms with Gasteiger partial charge in [-0.3, -0.25) is 9.59 Å².